The van der Waals surface area contributed by atoms with Gasteiger partial charge in [0.15, 0.2) is 11.0 Å². The first kappa shape index (κ1) is 20.7. The Kier molecular flexibility index (Phi) is 6.99. The summed E-state index contributed by atoms with van der Waals surface area (Å²) >= 11 is 1.48. The molecule has 0 aliphatic heterocycles. The number of benzene rings is 1. The monoisotopic (exact) mass is 402 g/mol. The number of nitrogens with zero attached hydrogens (tertiary/aromatic N) is 4. The third-order valence-electron chi connectivity index (χ3n) is 5.45. The molecule has 1 atom stereocenters. The van der Waals surface area contributed by atoms with Gasteiger partial charge in [0.2, 0.25) is 5.91 Å². The van der Waals surface area contributed by atoms with Crippen molar-refractivity contribution >= 4 is 17.7 Å². The normalized spacial score (nSPS) is 16.0. The van der Waals surface area contributed by atoms with Gasteiger partial charge in [0.25, 0.3) is 0 Å². The molecule has 0 N–H and O–H groups in total. The Morgan fingerprint density at radius 2 is 1.93 bits per heavy atom. The number of amides is 1. The number of carbonyl (C=O) groups excluding carboxylic acids is 1. The molecule has 2 aromatic rings. The van der Waals surface area contributed by atoms with E-state index in [2.05, 4.69) is 22.0 Å². The fourth-order valence-electron chi connectivity index (χ4n) is 3.84. The molecule has 1 aromatic carbocycles. The number of rotatable bonds is 7. The smallest absolute Gasteiger partial charge is 0.236 e. The Hall–Kier alpha value is -2.02. The average Bonchev–Trinajstić information content (AvgIpc) is 3.09. The van der Waals surface area contributed by atoms with Gasteiger partial charge in [-0.25, -0.2) is 0 Å². The van der Waals surface area contributed by atoms with Crippen molar-refractivity contribution in [2.75, 3.05) is 13.7 Å². The highest BCUT2D eigenvalue weighted by atomic mass is 32.2. The zero-order chi connectivity index (χ0) is 20.1. The van der Waals surface area contributed by atoms with E-state index in [1.54, 1.807) is 7.11 Å². The molecular formula is C21H30N4O2S. The van der Waals surface area contributed by atoms with Crippen LogP contribution in [-0.4, -0.2) is 50.5 Å². The van der Waals surface area contributed by atoms with E-state index in [-0.39, 0.29) is 11.2 Å². The van der Waals surface area contributed by atoms with E-state index in [1.807, 2.05) is 42.8 Å². The fourth-order valence-corrected chi connectivity index (χ4v) is 4.72. The van der Waals surface area contributed by atoms with E-state index < -0.39 is 0 Å². The van der Waals surface area contributed by atoms with Gasteiger partial charge in [-0.1, -0.05) is 31.0 Å². The topological polar surface area (TPSA) is 60.3 Å². The predicted molar refractivity (Wildman–Crippen MR) is 113 cm³/mol. The van der Waals surface area contributed by atoms with Gasteiger partial charge in [0, 0.05) is 25.2 Å². The highest BCUT2D eigenvalue weighted by Gasteiger charge is 2.29. The van der Waals surface area contributed by atoms with Gasteiger partial charge < -0.3 is 14.2 Å². The molecule has 1 fully saturated rings. The second kappa shape index (κ2) is 9.45. The lowest BCUT2D eigenvalue weighted by Gasteiger charge is -2.35. The molecule has 0 saturated heterocycles. The molecule has 0 spiro atoms. The maximum atomic E-state index is 13.1. The molecule has 0 radical (unpaired) electrons. The number of carbonyl (C=O) groups is 1. The molecule has 1 aliphatic carbocycles. The molecule has 1 aliphatic rings. The van der Waals surface area contributed by atoms with Crippen LogP contribution in [0, 0.1) is 0 Å². The molecule has 1 amide bonds. The molecule has 1 unspecified atom stereocenters. The van der Waals surface area contributed by atoms with Gasteiger partial charge in [0.05, 0.1) is 12.4 Å². The first-order valence-corrected chi connectivity index (χ1v) is 10.9. The summed E-state index contributed by atoms with van der Waals surface area (Å²) < 4.78 is 7.16. The van der Waals surface area contributed by atoms with Crippen LogP contribution in [0.5, 0.6) is 5.75 Å². The van der Waals surface area contributed by atoms with E-state index in [1.165, 1.54) is 31.0 Å². The maximum Gasteiger partial charge on any atom is 0.236 e. The van der Waals surface area contributed by atoms with Crippen LogP contribution in [0.1, 0.15) is 46.0 Å². The van der Waals surface area contributed by atoms with Crippen molar-refractivity contribution in [2.24, 2.45) is 7.05 Å². The largest absolute Gasteiger partial charge is 0.497 e. The van der Waals surface area contributed by atoms with Crippen LogP contribution in [0.25, 0.3) is 11.4 Å². The molecule has 152 valence electrons. The zero-order valence-electron chi connectivity index (χ0n) is 17.2. The number of thioether (sulfide) groups is 1. The van der Waals surface area contributed by atoms with Crippen molar-refractivity contribution < 1.29 is 9.53 Å². The minimum Gasteiger partial charge on any atom is -0.497 e. The average molecular weight is 403 g/mol. The summed E-state index contributed by atoms with van der Waals surface area (Å²) in [6.07, 6.45) is 6.00. The van der Waals surface area contributed by atoms with Crippen LogP contribution >= 0.6 is 11.8 Å². The minimum absolute atomic E-state index is 0.187. The number of methoxy groups -OCH3 is 1. The summed E-state index contributed by atoms with van der Waals surface area (Å²) in [5.74, 6) is 1.79. The molecule has 6 nitrogen and oxygen atoms in total. The second-order valence-corrected chi connectivity index (χ2v) is 8.58. The Balaban J connectivity index is 1.70. The highest BCUT2D eigenvalue weighted by Crippen LogP contribution is 2.29. The number of ether oxygens (including phenoxy) is 1. The van der Waals surface area contributed by atoms with Crippen molar-refractivity contribution in [2.45, 2.75) is 62.4 Å². The zero-order valence-corrected chi connectivity index (χ0v) is 18.0. The summed E-state index contributed by atoms with van der Waals surface area (Å²) in [7, 11) is 3.59. The van der Waals surface area contributed by atoms with E-state index in [0.29, 0.717) is 6.04 Å². The van der Waals surface area contributed by atoms with E-state index in [9.17, 15) is 4.79 Å². The second-order valence-electron chi connectivity index (χ2n) is 7.27. The van der Waals surface area contributed by atoms with Crippen molar-refractivity contribution in [3.8, 4) is 17.1 Å². The van der Waals surface area contributed by atoms with Crippen molar-refractivity contribution in [3.05, 3.63) is 24.3 Å². The quantitative estimate of drug-likeness (QED) is 0.651. The number of hydrogen-bond acceptors (Lipinski definition) is 5. The summed E-state index contributed by atoms with van der Waals surface area (Å²) in [5, 5.41) is 9.23. The summed E-state index contributed by atoms with van der Waals surface area (Å²) in [5.41, 5.74) is 0.971. The first-order valence-electron chi connectivity index (χ1n) is 10.1. The van der Waals surface area contributed by atoms with Crippen molar-refractivity contribution in [3.63, 3.8) is 0 Å². The molecular weight excluding hydrogens is 372 g/mol. The van der Waals surface area contributed by atoms with E-state index in [0.717, 1.165) is 41.7 Å². The lowest BCUT2D eigenvalue weighted by atomic mass is 9.94. The Morgan fingerprint density at radius 1 is 1.25 bits per heavy atom. The van der Waals surface area contributed by atoms with Crippen molar-refractivity contribution in [1.82, 2.24) is 19.7 Å². The summed E-state index contributed by atoms with van der Waals surface area (Å²) in [6.45, 7) is 4.82. The molecule has 28 heavy (non-hydrogen) atoms. The SMILES string of the molecule is CCN(C(=O)C(C)Sc1nnc(-c2ccc(OC)cc2)n1C)C1CCCCC1. The van der Waals surface area contributed by atoms with Gasteiger partial charge in [0.1, 0.15) is 5.75 Å². The summed E-state index contributed by atoms with van der Waals surface area (Å²) in [4.78, 5) is 15.1. The standard InChI is InChI=1S/C21H30N4O2S/c1-5-25(17-9-7-6-8-10-17)20(26)15(2)28-21-23-22-19(24(21)3)16-11-13-18(27-4)14-12-16/h11-15,17H,5-10H2,1-4H3. The lowest BCUT2D eigenvalue weighted by Crippen LogP contribution is -2.44. The molecule has 1 heterocycles. The van der Waals surface area contributed by atoms with Crippen LogP contribution in [-0.2, 0) is 11.8 Å². The van der Waals surface area contributed by atoms with Crippen LogP contribution in [0.3, 0.4) is 0 Å². The van der Waals surface area contributed by atoms with E-state index >= 15 is 0 Å². The van der Waals surface area contributed by atoms with Gasteiger partial charge >= 0.3 is 0 Å². The van der Waals surface area contributed by atoms with Crippen LogP contribution in [0.4, 0.5) is 0 Å². The Labute approximate surface area is 171 Å². The van der Waals surface area contributed by atoms with Crippen LogP contribution in [0.15, 0.2) is 29.4 Å². The number of hydrogen-bond donors (Lipinski definition) is 0. The van der Waals surface area contributed by atoms with Gasteiger partial charge in [-0.3, -0.25) is 4.79 Å². The molecule has 3 rings (SSSR count). The van der Waals surface area contributed by atoms with Gasteiger partial charge in [-0.15, -0.1) is 10.2 Å². The van der Waals surface area contributed by atoms with Crippen molar-refractivity contribution in [1.29, 1.82) is 0 Å². The van der Waals surface area contributed by atoms with Crippen LogP contribution < -0.4 is 4.74 Å². The Bertz CT molecular complexity index is 784. The maximum absolute atomic E-state index is 13.1. The number of aromatic nitrogens is 3. The highest BCUT2D eigenvalue weighted by molar-refractivity contribution is 8.00. The van der Waals surface area contributed by atoms with E-state index in [4.69, 9.17) is 4.74 Å². The minimum atomic E-state index is -0.187. The first-order chi connectivity index (χ1) is 13.5. The third kappa shape index (κ3) is 4.51. The van der Waals surface area contributed by atoms with Crippen LogP contribution in [0.2, 0.25) is 0 Å². The Morgan fingerprint density at radius 3 is 2.54 bits per heavy atom. The predicted octanol–water partition coefficient (Wildman–Crippen LogP) is 4.15. The fraction of sp³-hybridized carbons (Fsp3) is 0.571. The third-order valence-corrected chi connectivity index (χ3v) is 6.57. The lowest BCUT2D eigenvalue weighted by molar-refractivity contribution is -0.133. The molecule has 0 bridgehead atoms. The van der Waals surface area contributed by atoms with Gasteiger partial charge in [-0.05, 0) is 51.0 Å². The molecule has 1 saturated carbocycles. The molecule has 7 heteroatoms. The molecule has 1 aromatic heterocycles. The van der Waals surface area contributed by atoms with Gasteiger partial charge in [-0.2, -0.15) is 0 Å². The summed E-state index contributed by atoms with van der Waals surface area (Å²) in [6, 6.07) is 8.14.